The van der Waals surface area contributed by atoms with Crippen molar-refractivity contribution in [2.75, 3.05) is 13.7 Å². The number of nitrogens with one attached hydrogen (secondary N) is 1. The summed E-state index contributed by atoms with van der Waals surface area (Å²) < 4.78 is 71.7. The Morgan fingerprint density at radius 2 is 1.79 bits per heavy atom. The first kappa shape index (κ1) is 22.2. The third-order valence-corrected chi connectivity index (χ3v) is 3.82. The Bertz CT molecular complexity index is 848. The van der Waals surface area contributed by atoms with E-state index in [4.69, 9.17) is 4.74 Å². The van der Waals surface area contributed by atoms with Gasteiger partial charge in [0, 0.05) is 12.6 Å². The lowest BCUT2D eigenvalue weighted by atomic mass is 10.1. The first-order valence-corrected chi connectivity index (χ1v) is 8.44. The highest BCUT2D eigenvalue weighted by Gasteiger charge is 2.29. The maximum absolute atomic E-state index is 12.5. The molecular formula is C20H18F5NO3. The maximum Gasteiger partial charge on any atom is 0.416 e. The molecule has 29 heavy (non-hydrogen) atoms. The lowest BCUT2D eigenvalue weighted by Gasteiger charge is -2.11. The Morgan fingerprint density at radius 1 is 1.10 bits per heavy atom. The third kappa shape index (κ3) is 7.10. The van der Waals surface area contributed by atoms with Crippen molar-refractivity contribution in [1.82, 2.24) is 5.32 Å². The second-order valence-electron chi connectivity index (χ2n) is 5.86. The van der Waals surface area contributed by atoms with E-state index >= 15 is 0 Å². The SMILES string of the molecule is COc1ccc(CCNC(=O)C=Cc2ccc(C(F)(F)F)cc2)cc1OC(F)F. The van der Waals surface area contributed by atoms with Crippen molar-refractivity contribution in [1.29, 1.82) is 0 Å². The molecule has 0 spiro atoms. The van der Waals surface area contributed by atoms with Crippen molar-refractivity contribution in [2.45, 2.75) is 19.2 Å². The van der Waals surface area contributed by atoms with Crippen molar-refractivity contribution in [3.8, 4) is 11.5 Å². The molecule has 0 aliphatic rings. The van der Waals surface area contributed by atoms with Gasteiger partial charge in [-0.3, -0.25) is 4.79 Å². The minimum atomic E-state index is -4.42. The third-order valence-electron chi connectivity index (χ3n) is 3.82. The topological polar surface area (TPSA) is 47.6 Å². The van der Waals surface area contributed by atoms with Crippen molar-refractivity contribution >= 4 is 12.0 Å². The van der Waals surface area contributed by atoms with E-state index < -0.39 is 24.3 Å². The molecule has 0 radical (unpaired) electrons. The number of carbonyl (C=O) groups is 1. The van der Waals surface area contributed by atoms with Crippen LogP contribution in [0.3, 0.4) is 0 Å². The molecule has 1 amide bonds. The van der Waals surface area contributed by atoms with Gasteiger partial charge in [0.1, 0.15) is 0 Å². The largest absolute Gasteiger partial charge is 0.493 e. The standard InChI is InChI=1S/C20H18F5NO3/c1-28-16-8-4-14(12-17(16)29-19(21)22)10-11-26-18(27)9-5-13-2-6-15(7-3-13)20(23,24)25/h2-9,12,19H,10-11H2,1H3,(H,26,27). The van der Waals surface area contributed by atoms with Crippen LogP contribution in [0.5, 0.6) is 11.5 Å². The van der Waals surface area contributed by atoms with Gasteiger partial charge in [0.25, 0.3) is 0 Å². The number of rotatable bonds is 8. The second-order valence-corrected chi connectivity index (χ2v) is 5.86. The molecule has 0 saturated heterocycles. The maximum atomic E-state index is 12.5. The van der Waals surface area contributed by atoms with Crippen LogP contribution in [0, 0.1) is 0 Å². The molecule has 0 bridgehead atoms. The summed E-state index contributed by atoms with van der Waals surface area (Å²) in [5.74, 6) is -0.381. The number of alkyl halides is 5. The number of amides is 1. The molecule has 2 aromatic rings. The van der Waals surface area contributed by atoms with Crippen LogP contribution >= 0.6 is 0 Å². The molecule has 0 fully saturated rings. The zero-order valence-corrected chi connectivity index (χ0v) is 15.3. The quantitative estimate of drug-likeness (QED) is 0.503. The smallest absolute Gasteiger partial charge is 0.416 e. The summed E-state index contributed by atoms with van der Waals surface area (Å²) >= 11 is 0. The van der Waals surface area contributed by atoms with Crippen LogP contribution in [-0.4, -0.2) is 26.2 Å². The number of benzene rings is 2. The molecule has 2 rings (SSSR count). The molecule has 0 atom stereocenters. The van der Waals surface area contributed by atoms with E-state index in [-0.39, 0.29) is 18.0 Å². The van der Waals surface area contributed by atoms with Crippen molar-refractivity contribution in [2.24, 2.45) is 0 Å². The van der Waals surface area contributed by atoms with Crippen LogP contribution in [-0.2, 0) is 17.4 Å². The molecule has 0 heterocycles. The molecule has 2 aromatic carbocycles. The monoisotopic (exact) mass is 415 g/mol. The van der Waals surface area contributed by atoms with E-state index in [0.717, 1.165) is 12.1 Å². The Hall–Kier alpha value is -3.10. The van der Waals surface area contributed by atoms with Gasteiger partial charge in [0.05, 0.1) is 12.7 Å². The summed E-state index contributed by atoms with van der Waals surface area (Å²) in [5, 5.41) is 2.60. The van der Waals surface area contributed by atoms with Gasteiger partial charge in [-0.1, -0.05) is 18.2 Å². The Balaban J connectivity index is 1.87. The highest BCUT2D eigenvalue weighted by Crippen LogP contribution is 2.30. The summed E-state index contributed by atoms with van der Waals surface area (Å²) in [6.07, 6.45) is -1.48. The summed E-state index contributed by atoms with van der Waals surface area (Å²) in [6.45, 7) is -2.77. The predicted molar refractivity (Wildman–Crippen MR) is 96.8 cm³/mol. The number of halogens is 5. The zero-order chi connectivity index (χ0) is 21.4. The highest BCUT2D eigenvalue weighted by molar-refractivity contribution is 5.91. The van der Waals surface area contributed by atoms with E-state index in [9.17, 15) is 26.7 Å². The van der Waals surface area contributed by atoms with Crippen molar-refractivity contribution < 1.29 is 36.2 Å². The van der Waals surface area contributed by atoms with E-state index in [0.29, 0.717) is 17.5 Å². The average molecular weight is 415 g/mol. The average Bonchev–Trinajstić information content (AvgIpc) is 2.66. The van der Waals surface area contributed by atoms with E-state index in [1.54, 1.807) is 6.07 Å². The fourth-order valence-corrected chi connectivity index (χ4v) is 2.41. The number of carbonyl (C=O) groups excluding carboxylic acids is 1. The summed E-state index contributed by atoms with van der Waals surface area (Å²) in [6, 6.07) is 8.92. The van der Waals surface area contributed by atoms with E-state index in [1.165, 1.54) is 43.5 Å². The molecule has 156 valence electrons. The molecule has 9 heteroatoms. The number of hydrogen-bond donors (Lipinski definition) is 1. The minimum absolute atomic E-state index is 0.103. The van der Waals surface area contributed by atoms with Crippen LogP contribution in [0.1, 0.15) is 16.7 Å². The number of methoxy groups -OCH3 is 1. The predicted octanol–water partition coefficient (Wildman–Crippen LogP) is 4.69. The van der Waals surface area contributed by atoms with E-state index in [2.05, 4.69) is 10.1 Å². The summed E-state index contributed by atoms with van der Waals surface area (Å²) in [4.78, 5) is 11.8. The first-order chi connectivity index (χ1) is 13.7. The summed E-state index contributed by atoms with van der Waals surface area (Å²) in [5.41, 5.74) is 0.319. The molecule has 4 nitrogen and oxygen atoms in total. The Labute approximate surface area is 163 Å². The van der Waals surface area contributed by atoms with Gasteiger partial charge >= 0.3 is 12.8 Å². The lowest BCUT2D eigenvalue weighted by molar-refractivity contribution is -0.137. The lowest BCUT2D eigenvalue weighted by Crippen LogP contribution is -2.23. The zero-order valence-electron chi connectivity index (χ0n) is 15.3. The van der Waals surface area contributed by atoms with E-state index in [1.807, 2.05) is 0 Å². The molecule has 0 aromatic heterocycles. The number of ether oxygens (including phenoxy) is 2. The Kier molecular flexibility index (Phi) is 7.58. The number of hydrogen-bond acceptors (Lipinski definition) is 3. The van der Waals surface area contributed by atoms with Gasteiger partial charge in [-0.2, -0.15) is 22.0 Å². The van der Waals surface area contributed by atoms with Gasteiger partial charge in [0.2, 0.25) is 5.91 Å². The fourth-order valence-electron chi connectivity index (χ4n) is 2.41. The molecule has 1 N–H and O–H groups in total. The molecule has 0 saturated carbocycles. The fraction of sp³-hybridized carbons (Fsp3) is 0.250. The first-order valence-electron chi connectivity index (χ1n) is 8.44. The van der Waals surface area contributed by atoms with Gasteiger partial charge in [0.15, 0.2) is 11.5 Å². The van der Waals surface area contributed by atoms with Crippen LogP contribution in [0.15, 0.2) is 48.5 Å². The highest BCUT2D eigenvalue weighted by atomic mass is 19.4. The second kappa shape index (κ2) is 9.90. The Morgan fingerprint density at radius 3 is 2.38 bits per heavy atom. The molecular weight excluding hydrogens is 397 g/mol. The van der Waals surface area contributed by atoms with Gasteiger partial charge < -0.3 is 14.8 Å². The van der Waals surface area contributed by atoms with Gasteiger partial charge in [-0.05, 0) is 47.9 Å². The normalized spacial score (nSPS) is 11.7. The molecule has 0 aliphatic heterocycles. The minimum Gasteiger partial charge on any atom is -0.493 e. The molecule has 0 aliphatic carbocycles. The van der Waals surface area contributed by atoms with Crippen LogP contribution in [0.2, 0.25) is 0 Å². The van der Waals surface area contributed by atoms with Crippen molar-refractivity contribution in [3.05, 3.63) is 65.2 Å². The van der Waals surface area contributed by atoms with Crippen LogP contribution < -0.4 is 14.8 Å². The van der Waals surface area contributed by atoms with Crippen molar-refractivity contribution in [3.63, 3.8) is 0 Å². The van der Waals surface area contributed by atoms with Gasteiger partial charge in [-0.25, -0.2) is 0 Å². The van der Waals surface area contributed by atoms with Gasteiger partial charge in [-0.15, -0.1) is 0 Å². The summed E-state index contributed by atoms with van der Waals surface area (Å²) in [7, 11) is 1.33. The van der Waals surface area contributed by atoms with Crippen LogP contribution in [0.25, 0.3) is 6.08 Å². The van der Waals surface area contributed by atoms with Crippen LogP contribution in [0.4, 0.5) is 22.0 Å². The molecule has 0 unspecified atom stereocenters.